The second-order valence-electron chi connectivity index (χ2n) is 5.07. The molecule has 1 amide bonds. The zero-order chi connectivity index (χ0) is 13.2. The second-order valence-corrected chi connectivity index (χ2v) is 5.07. The van der Waals surface area contributed by atoms with Gasteiger partial charge in [0.25, 0.3) is 0 Å². The normalized spacial score (nSPS) is 16.1. The molecule has 1 fully saturated rings. The number of nitrogens with one attached hydrogen (secondary N) is 1. The summed E-state index contributed by atoms with van der Waals surface area (Å²) >= 11 is 0. The molecule has 0 bridgehead atoms. The molecular weight excluding hydrogens is 245 g/mol. The molecule has 100 valence electrons. The number of carbonyl (C=O) groups is 1. The van der Waals surface area contributed by atoms with E-state index >= 15 is 0 Å². The topological polar surface area (TPSA) is 46.4 Å². The van der Waals surface area contributed by atoms with Crippen molar-refractivity contribution in [2.75, 3.05) is 0 Å². The zero-order valence-electron chi connectivity index (χ0n) is 10.6. The van der Waals surface area contributed by atoms with Crippen molar-refractivity contribution in [2.45, 2.75) is 38.1 Å². The summed E-state index contributed by atoms with van der Waals surface area (Å²) in [5.74, 6) is -0.317. The molecule has 0 aliphatic heterocycles. The Morgan fingerprint density at radius 1 is 1.37 bits per heavy atom. The fraction of sp³-hybridized carbons (Fsp3) is 0.429. The molecule has 1 N–H and O–H groups in total. The molecule has 0 radical (unpaired) electrons. The number of aromatic nitrogens is 2. The molecule has 1 aliphatic rings. The fourth-order valence-corrected chi connectivity index (χ4v) is 2.62. The number of imidazole rings is 1. The number of halogens is 1. The average Bonchev–Trinajstić information content (AvgIpc) is 2.97. The van der Waals surface area contributed by atoms with Crippen molar-refractivity contribution in [3.05, 3.63) is 36.0 Å². The number of hydrogen-bond acceptors (Lipinski definition) is 2. The van der Waals surface area contributed by atoms with E-state index in [0.717, 1.165) is 12.8 Å². The van der Waals surface area contributed by atoms with Gasteiger partial charge in [-0.15, -0.1) is 0 Å². The summed E-state index contributed by atoms with van der Waals surface area (Å²) in [4.78, 5) is 16.2. The number of fused-ring (bicyclic) bond motifs is 1. The summed E-state index contributed by atoms with van der Waals surface area (Å²) in [5.41, 5.74) is 1.33. The number of rotatable bonds is 3. The molecule has 2 heterocycles. The molecular formula is C14H16FN3O. The Labute approximate surface area is 110 Å². The van der Waals surface area contributed by atoms with Crippen molar-refractivity contribution in [2.24, 2.45) is 0 Å². The van der Waals surface area contributed by atoms with Crippen LogP contribution in [0.2, 0.25) is 0 Å². The molecule has 2 aromatic heterocycles. The van der Waals surface area contributed by atoms with Gasteiger partial charge in [0.2, 0.25) is 5.91 Å². The van der Waals surface area contributed by atoms with Crippen LogP contribution >= 0.6 is 0 Å². The lowest BCUT2D eigenvalue weighted by Gasteiger charge is -2.10. The molecule has 5 heteroatoms. The van der Waals surface area contributed by atoms with Gasteiger partial charge in [-0.1, -0.05) is 12.8 Å². The number of pyridine rings is 1. The van der Waals surface area contributed by atoms with Crippen LogP contribution in [0.4, 0.5) is 4.39 Å². The Morgan fingerprint density at radius 2 is 2.16 bits per heavy atom. The van der Waals surface area contributed by atoms with Crippen LogP contribution in [0.5, 0.6) is 0 Å². The highest BCUT2D eigenvalue weighted by Crippen LogP contribution is 2.17. The maximum atomic E-state index is 13.1. The number of carbonyl (C=O) groups excluding carboxylic acids is 1. The van der Waals surface area contributed by atoms with E-state index in [1.54, 1.807) is 16.7 Å². The third-order valence-electron chi connectivity index (χ3n) is 3.53. The number of amides is 1. The van der Waals surface area contributed by atoms with Crippen LogP contribution in [0.1, 0.15) is 31.4 Å². The average molecular weight is 261 g/mol. The smallest absolute Gasteiger partial charge is 0.226 e. The summed E-state index contributed by atoms with van der Waals surface area (Å²) in [6.07, 6.45) is 7.84. The quantitative estimate of drug-likeness (QED) is 0.919. The van der Waals surface area contributed by atoms with Gasteiger partial charge in [-0.25, -0.2) is 9.37 Å². The summed E-state index contributed by atoms with van der Waals surface area (Å²) in [5, 5.41) is 3.02. The first-order valence-electron chi connectivity index (χ1n) is 6.63. The predicted octanol–water partition coefficient (Wildman–Crippen LogP) is 2.07. The molecule has 2 aromatic rings. The molecule has 4 nitrogen and oxygen atoms in total. The van der Waals surface area contributed by atoms with Crippen LogP contribution in [-0.2, 0) is 11.2 Å². The van der Waals surface area contributed by atoms with Gasteiger partial charge in [-0.3, -0.25) is 4.79 Å². The molecule has 3 rings (SSSR count). The molecule has 19 heavy (non-hydrogen) atoms. The molecule has 1 aliphatic carbocycles. The van der Waals surface area contributed by atoms with Crippen molar-refractivity contribution in [1.29, 1.82) is 0 Å². The Kier molecular flexibility index (Phi) is 3.19. The lowest BCUT2D eigenvalue weighted by Crippen LogP contribution is -2.33. The van der Waals surface area contributed by atoms with Gasteiger partial charge < -0.3 is 9.72 Å². The largest absolute Gasteiger partial charge is 0.353 e. The van der Waals surface area contributed by atoms with Crippen molar-refractivity contribution < 1.29 is 9.18 Å². The fourth-order valence-electron chi connectivity index (χ4n) is 2.62. The summed E-state index contributed by atoms with van der Waals surface area (Å²) in [6, 6.07) is 3.29. The van der Waals surface area contributed by atoms with E-state index in [4.69, 9.17) is 0 Å². The standard InChI is InChI=1S/C14H16FN3O/c15-10-5-6-13-16-12(9-18(13)8-10)7-14(19)17-11-3-1-2-4-11/h5-6,8-9,11H,1-4,7H2,(H,17,19). The third-order valence-corrected chi connectivity index (χ3v) is 3.53. The minimum Gasteiger partial charge on any atom is -0.353 e. The van der Waals surface area contributed by atoms with E-state index in [9.17, 15) is 9.18 Å². The van der Waals surface area contributed by atoms with Gasteiger partial charge in [0.1, 0.15) is 11.5 Å². The molecule has 0 unspecified atom stereocenters. The summed E-state index contributed by atoms with van der Waals surface area (Å²) < 4.78 is 14.7. The highest BCUT2D eigenvalue weighted by Gasteiger charge is 2.17. The van der Waals surface area contributed by atoms with E-state index in [-0.39, 0.29) is 18.1 Å². The van der Waals surface area contributed by atoms with Gasteiger partial charge >= 0.3 is 0 Å². The second kappa shape index (κ2) is 4.99. The molecule has 1 saturated carbocycles. The van der Waals surface area contributed by atoms with Crippen molar-refractivity contribution in [1.82, 2.24) is 14.7 Å². The van der Waals surface area contributed by atoms with E-state index in [2.05, 4.69) is 10.3 Å². The van der Waals surface area contributed by atoms with Crippen molar-refractivity contribution >= 4 is 11.6 Å². The number of nitrogens with zero attached hydrogens (tertiary/aromatic N) is 2. The van der Waals surface area contributed by atoms with E-state index in [1.165, 1.54) is 25.1 Å². The third kappa shape index (κ3) is 2.75. The Morgan fingerprint density at radius 3 is 2.95 bits per heavy atom. The van der Waals surface area contributed by atoms with Gasteiger partial charge in [0.15, 0.2) is 0 Å². The predicted molar refractivity (Wildman–Crippen MR) is 69.3 cm³/mol. The lowest BCUT2D eigenvalue weighted by molar-refractivity contribution is -0.121. The first kappa shape index (κ1) is 12.1. The Hall–Kier alpha value is -1.91. The Balaban J connectivity index is 1.68. The first-order chi connectivity index (χ1) is 9.20. The minimum atomic E-state index is -0.313. The van der Waals surface area contributed by atoms with Crippen molar-refractivity contribution in [3.8, 4) is 0 Å². The molecule has 0 spiro atoms. The summed E-state index contributed by atoms with van der Waals surface area (Å²) in [6.45, 7) is 0. The first-order valence-corrected chi connectivity index (χ1v) is 6.63. The molecule has 0 saturated heterocycles. The van der Waals surface area contributed by atoms with Crippen LogP contribution < -0.4 is 5.32 Å². The van der Waals surface area contributed by atoms with Gasteiger partial charge in [-0.05, 0) is 25.0 Å². The van der Waals surface area contributed by atoms with Crippen molar-refractivity contribution in [3.63, 3.8) is 0 Å². The minimum absolute atomic E-state index is 0.00391. The van der Waals surface area contributed by atoms with Gasteiger partial charge in [-0.2, -0.15) is 0 Å². The van der Waals surface area contributed by atoms with E-state index in [0.29, 0.717) is 17.4 Å². The maximum absolute atomic E-state index is 13.1. The molecule has 0 atom stereocenters. The van der Waals surface area contributed by atoms with Gasteiger partial charge in [0, 0.05) is 18.4 Å². The number of hydrogen-bond donors (Lipinski definition) is 1. The van der Waals surface area contributed by atoms with E-state index < -0.39 is 0 Å². The summed E-state index contributed by atoms with van der Waals surface area (Å²) in [7, 11) is 0. The van der Waals surface area contributed by atoms with Crippen LogP contribution in [-0.4, -0.2) is 21.3 Å². The Bertz CT molecular complexity index is 602. The maximum Gasteiger partial charge on any atom is 0.226 e. The van der Waals surface area contributed by atoms with Crippen LogP contribution in [0.3, 0.4) is 0 Å². The highest BCUT2D eigenvalue weighted by molar-refractivity contribution is 5.78. The van der Waals surface area contributed by atoms with Crippen LogP contribution in [0, 0.1) is 5.82 Å². The lowest BCUT2D eigenvalue weighted by atomic mass is 10.2. The van der Waals surface area contributed by atoms with E-state index in [1.807, 2.05) is 0 Å². The zero-order valence-corrected chi connectivity index (χ0v) is 10.6. The monoisotopic (exact) mass is 261 g/mol. The van der Waals surface area contributed by atoms with Crippen LogP contribution in [0.25, 0.3) is 5.65 Å². The molecule has 0 aromatic carbocycles. The van der Waals surface area contributed by atoms with Gasteiger partial charge in [0.05, 0.1) is 12.1 Å². The van der Waals surface area contributed by atoms with Crippen LogP contribution in [0.15, 0.2) is 24.5 Å². The SMILES string of the molecule is O=C(Cc1cn2cc(F)ccc2n1)NC1CCCC1. The highest BCUT2D eigenvalue weighted by atomic mass is 19.1.